The first-order valence-corrected chi connectivity index (χ1v) is 11.6. The maximum absolute atomic E-state index is 13.0. The van der Waals surface area contributed by atoms with E-state index in [1.165, 1.54) is 12.0 Å². The Balaban J connectivity index is 2.03. The fraction of sp³-hybridized carbons (Fsp3) is 0.333. The van der Waals surface area contributed by atoms with Crippen molar-refractivity contribution in [3.8, 4) is 17.2 Å². The molecule has 0 saturated heterocycles. The Morgan fingerprint density at radius 3 is 2.39 bits per heavy atom. The number of ether oxygens (including phenoxy) is 4. The number of carbonyl (C=O) groups excluding carboxylic acids is 2. The van der Waals surface area contributed by atoms with E-state index in [1.54, 1.807) is 51.0 Å². The highest BCUT2D eigenvalue weighted by Gasteiger charge is 2.37. The summed E-state index contributed by atoms with van der Waals surface area (Å²) in [5.41, 5.74) is 1.37. The molecule has 33 heavy (non-hydrogen) atoms. The molecule has 0 unspecified atom stereocenters. The van der Waals surface area contributed by atoms with Crippen LogP contribution in [0.2, 0.25) is 0 Å². The molecule has 0 aliphatic carbocycles. The van der Waals surface area contributed by atoms with Crippen molar-refractivity contribution in [2.45, 2.75) is 17.9 Å². The summed E-state index contributed by atoms with van der Waals surface area (Å²) in [7, 11) is 4.66. The van der Waals surface area contributed by atoms with Crippen molar-refractivity contribution >= 4 is 23.8 Å². The number of thioether (sulfide) groups is 1. The lowest BCUT2D eigenvalue weighted by Gasteiger charge is -2.34. The van der Waals surface area contributed by atoms with Crippen LogP contribution in [-0.2, 0) is 9.53 Å². The molecule has 0 spiro atoms. The summed E-state index contributed by atoms with van der Waals surface area (Å²) in [6.07, 6.45) is 2.00. The number of amides is 2. The number of methoxy groups -OCH3 is 2. The lowest BCUT2D eigenvalue weighted by molar-refractivity contribution is -0.139. The summed E-state index contributed by atoms with van der Waals surface area (Å²) in [6, 6.07) is 11.7. The summed E-state index contributed by atoms with van der Waals surface area (Å²) < 4.78 is 22.0. The lowest BCUT2D eigenvalue weighted by Crippen LogP contribution is -2.48. The summed E-state index contributed by atoms with van der Waals surface area (Å²) >= 11 is 1.63. The van der Waals surface area contributed by atoms with E-state index in [0.717, 1.165) is 4.90 Å². The number of hydrogen-bond donors (Lipinski definition) is 1. The second-order valence-corrected chi connectivity index (χ2v) is 7.98. The van der Waals surface area contributed by atoms with Crippen LogP contribution in [0, 0.1) is 0 Å². The van der Waals surface area contributed by atoms with E-state index in [4.69, 9.17) is 18.9 Å². The van der Waals surface area contributed by atoms with E-state index in [0.29, 0.717) is 34.1 Å². The van der Waals surface area contributed by atoms with Gasteiger partial charge in [-0.1, -0.05) is 6.07 Å². The van der Waals surface area contributed by atoms with Gasteiger partial charge in [0.1, 0.15) is 12.4 Å². The highest BCUT2D eigenvalue weighted by atomic mass is 32.2. The van der Waals surface area contributed by atoms with E-state index in [1.807, 2.05) is 30.5 Å². The average molecular weight is 473 g/mol. The number of carbonyl (C=O) groups is 2. The number of nitrogens with zero attached hydrogens (tertiary/aromatic N) is 1. The zero-order valence-electron chi connectivity index (χ0n) is 19.3. The van der Waals surface area contributed by atoms with E-state index < -0.39 is 12.0 Å². The van der Waals surface area contributed by atoms with Crippen molar-refractivity contribution in [3.63, 3.8) is 0 Å². The minimum atomic E-state index is -0.745. The minimum absolute atomic E-state index is 0.0144. The summed E-state index contributed by atoms with van der Waals surface area (Å²) in [4.78, 5) is 28.3. The van der Waals surface area contributed by atoms with Crippen molar-refractivity contribution in [3.05, 3.63) is 59.3 Å². The molecule has 1 aliphatic rings. The average Bonchev–Trinajstić information content (AvgIpc) is 2.84. The molecule has 1 aliphatic heterocycles. The smallest absolute Gasteiger partial charge is 0.338 e. The molecule has 0 radical (unpaired) electrons. The minimum Gasteiger partial charge on any atom is -0.493 e. The monoisotopic (exact) mass is 472 g/mol. The van der Waals surface area contributed by atoms with E-state index in [-0.39, 0.29) is 19.2 Å². The molecule has 2 amide bonds. The topological polar surface area (TPSA) is 86.3 Å². The van der Waals surface area contributed by atoms with Gasteiger partial charge < -0.3 is 24.3 Å². The molecular formula is C24H28N2O6S. The Morgan fingerprint density at radius 2 is 1.79 bits per heavy atom. The van der Waals surface area contributed by atoms with Gasteiger partial charge in [-0.15, -0.1) is 11.8 Å². The van der Waals surface area contributed by atoms with Crippen molar-refractivity contribution in [2.75, 3.05) is 40.7 Å². The first-order chi connectivity index (χ1) is 15.9. The Kier molecular flexibility index (Phi) is 8.11. The fourth-order valence-corrected chi connectivity index (χ4v) is 3.90. The van der Waals surface area contributed by atoms with Gasteiger partial charge in [0, 0.05) is 11.9 Å². The van der Waals surface area contributed by atoms with Crippen molar-refractivity contribution in [1.29, 1.82) is 0 Å². The van der Waals surface area contributed by atoms with Gasteiger partial charge >= 0.3 is 12.0 Å². The third kappa shape index (κ3) is 5.36. The van der Waals surface area contributed by atoms with Gasteiger partial charge in [0.2, 0.25) is 0 Å². The molecule has 1 heterocycles. The second kappa shape index (κ2) is 11.0. The molecule has 3 rings (SSSR count). The second-order valence-electron chi connectivity index (χ2n) is 7.10. The Hall–Kier alpha value is -3.33. The first-order valence-electron chi connectivity index (χ1n) is 10.4. The number of esters is 1. The van der Waals surface area contributed by atoms with Crippen LogP contribution < -0.4 is 19.5 Å². The first kappa shape index (κ1) is 24.3. The molecule has 1 atom stereocenters. The summed E-state index contributed by atoms with van der Waals surface area (Å²) in [5.74, 6) is 1.13. The van der Waals surface area contributed by atoms with Crippen LogP contribution in [0.25, 0.3) is 0 Å². The SMILES string of the molecule is CCOC(=O)C1=C(COc2ccc(SC)cc2)N(C)C(=O)N[C@H]1c1ccc(OC)c(OC)c1. The molecule has 9 heteroatoms. The lowest BCUT2D eigenvalue weighted by atomic mass is 9.94. The van der Waals surface area contributed by atoms with Crippen LogP contribution in [0.5, 0.6) is 17.2 Å². The van der Waals surface area contributed by atoms with Crippen LogP contribution >= 0.6 is 11.8 Å². The number of benzene rings is 2. The van der Waals surface area contributed by atoms with Crippen molar-refractivity contribution in [2.24, 2.45) is 0 Å². The number of likely N-dealkylation sites (N-methyl/N-ethyl adjacent to an activating group) is 1. The highest BCUT2D eigenvalue weighted by Crippen LogP contribution is 2.36. The third-order valence-electron chi connectivity index (χ3n) is 5.25. The van der Waals surface area contributed by atoms with Gasteiger partial charge in [-0.05, 0) is 55.1 Å². The van der Waals surface area contributed by atoms with Crippen LogP contribution in [0.3, 0.4) is 0 Å². The molecule has 0 saturated carbocycles. The van der Waals surface area contributed by atoms with Crippen LogP contribution in [-0.4, -0.2) is 57.6 Å². The van der Waals surface area contributed by atoms with Gasteiger partial charge in [0.05, 0.1) is 38.1 Å². The van der Waals surface area contributed by atoms with Gasteiger partial charge in [-0.2, -0.15) is 0 Å². The zero-order chi connectivity index (χ0) is 24.0. The van der Waals surface area contributed by atoms with Crippen LogP contribution in [0.1, 0.15) is 18.5 Å². The standard InChI is InChI=1S/C24H28N2O6S/c1-6-31-23(27)21-18(14-32-16-8-10-17(33-5)11-9-16)26(2)24(28)25-22(21)15-7-12-19(29-3)20(13-15)30-4/h7-13,22H,6,14H2,1-5H3,(H,25,28)/t22-/m0/s1. The largest absolute Gasteiger partial charge is 0.493 e. The molecule has 0 fully saturated rings. The molecule has 0 aromatic heterocycles. The summed E-state index contributed by atoms with van der Waals surface area (Å²) in [5, 5.41) is 2.88. The maximum Gasteiger partial charge on any atom is 0.338 e. The van der Waals surface area contributed by atoms with Crippen molar-refractivity contribution < 1.29 is 28.5 Å². The van der Waals surface area contributed by atoms with Crippen molar-refractivity contribution in [1.82, 2.24) is 10.2 Å². The van der Waals surface area contributed by atoms with Gasteiger partial charge in [0.25, 0.3) is 0 Å². The number of hydrogen-bond acceptors (Lipinski definition) is 7. The molecule has 8 nitrogen and oxygen atoms in total. The third-order valence-corrected chi connectivity index (χ3v) is 5.99. The number of urea groups is 1. The van der Waals surface area contributed by atoms with E-state index in [2.05, 4.69) is 5.32 Å². The molecular weight excluding hydrogens is 444 g/mol. The molecule has 0 bridgehead atoms. The fourth-order valence-electron chi connectivity index (χ4n) is 3.49. The number of rotatable bonds is 9. The predicted octanol–water partition coefficient (Wildman–Crippen LogP) is 4.02. The van der Waals surface area contributed by atoms with E-state index >= 15 is 0 Å². The van der Waals surface area contributed by atoms with Gasteiger partial charge in [-0.25, -0.2) is 9.59 Å². The quantitative estimate of drug-likeness (QED) is 0.436. The Bertz CT molecular complexity index is 1040. The molecule has 1 N–H and O–H groups in total. The van der Waals surface area contributed by atoms with Gasteiger partial charge in [-0.3, -0.25) is 4.90 Å². The van der Waals surface area contributed by atoms with E-state index in [9.17, 15) is 9.59 Å². The highest BCUT2D eigenvalue weighted by molar-refractivity contribution is 7.98. The predicted molar refractivity (Wildman–Crippen MR) is 126 cm³/mol. The Labute approximate surface area is 197 Å². The summed E-state index contributed by atoms with van der Waals surface area (Å²) in [6.45, 7) is 1.95. The molecule has 2 aromatic rings. The van der Waals surface area contributed by atoms with Crippen LogP contribution in [0.4, 0.5) is 4.79 Å². The van der Waals surface area contributed by atoms with Crippen LogP contribution in [0.15, 0.2) is 58.6 Å². The normalized spacial score (nSPS) is 15.7. The molecule has 176 valence electrons. The Morgan fingerprint density at radius 1 is 1.09 bits per heavy atom. The van der Waals surface area contributed by atoms with Gasteiger partial charge in [0.15, 0.2) is 11.5 Å². The maximum atomic E-state index is 13.0. The molecule has 2 aromatic carbocycles. The number of nitrogens with one attached hydrogen (secondary N) is 1. The zero-order valence-corrected chi connectivity index (χ0v) is 20.2.